The average Bonchev–Trinajstić information content (AvgIpc) is 3.24. The van der Waals surface area contributed by atoms with Gasteiger partial charge in [0.25, 0.3) is 5.91 Å². The Morgan fingerprint density at radius 1 is 1.13 bits per heavy atom. The SMILES string of the molecule is COc1ccc(-n2cc(C(=O)N3CCCCC3)nc2-c2ccc(C#N)c(F)c2)cc1. The number of amides is 1. The van der Waals surface area contributed by atoms with Crippen molar-refractivity contribution < 1.29 is 13.9 Å². The average molecular weight is 404 g/mol. The molecular formula is C23H21FN4O2. The first kappa shape index (κ1) is 19.6. The monoisotopic (exact) mass is 404 g/mol. The molecule has 0 aliphatic carbocycles. The summed E-state index contributed by atoms with van der Waals surface area (Å²) in [5.74, 6) is 0.388. The van der Waals surface area contributed by atoms with Crippen LogP contribution in [-0.4, -0.2) is 40.6 Å². The van der Waals surface area contributed by atoms with Crippen LogP contribution in [0.2, 0.25) is 0 Å². The molecule has 6 nitrogen and oxygen atoms in total. The van der Waals surface area contributed by atoms with Gasteiger partial charge < -0.3 is 9.64 Å². The summed E-state index contributed by atoms with van der Waals surface area (Å²) in [7, 11) is 1.59. The molecule has 1 fully saturated rings. The molecule has 0 saturated carbocycles. The molecule has 0 atom stereocenters. The third kappa shape index (κ3) is 3.77. The quantitative estimate of drug-likeness (QED) is 0.654. The van der Waals surface area contributed by atoms with Crippen LogP contribution in [0.5, 0.6) is 5.75 Å². The Labute approximate surface area is 174 Å². The van der Waals surface area contributed by atoms with Gasteiger partial charge in [-0.1, -0.05) is 0 Å². The number of methoxy groups -OCH3 is 1. The number of likely N-dealkylation sites (tertiary alicyclic amines) is 1. The molecule has 4 rings (SSSR count). The van der Waals surface area contributed by atoms with E-state index >= 15 is 0 Å². The Morgan fingerprint density at radius 2 is 1.87 bits per heavy atom. The van der Waals surface area contributed by atoms with Crippen molar-refractivity contribution in [1.29, 1.82) is 5.26 Å². The maximum Gasteiger partial charge on any atom is 0.274 e. The fraction of sp³-hybridized carbons (Fsp3) is 0.261. The van der Waals surface area contributed by atoms with Gasteiger partial charge in [-0.05, 0) is 61.7 Å². The topological polar surface area (TPSA) is 71.2 Å². The number of benzene rings is 2. The molecule has 0 spiro atoms. The zero-order valence-corrected chi connectivity index (χ0v) is 16.6. The van der Waals surface area contributed by atoms with Gasteiger partial charge in [0.2, 0.25) is 0 Å². The molecule has 1 aliphatic rings. The third-order valence-electron chi connectivity index (χ3n) is 5.27. The molecule has 1 saturated heterocycles. The Balaban J connectivity index is 1.79. The number of piperidine rings is 1. The third-order valence-corrected chi connectivity index (χ3v) is 5.27. The fourth-order valence-corrected chi connectivity index (χ4v) is 3.63. The van der Waals surface area contributed by atoms with Crippen molar-refractivity contribution >= 4 is 5.91 Å². The standard InChI is InChI=1S/C23H21FN4O2/c1-30-19-9-7-18(8-10-19)28-15-21(23(29)27-11-3-2-4-12-27)26-22(28)16-5-6-17(14-25)20(24)13-16/h5-10,13,15H,2-4,11-12H2,1H3. The second-order valence-corrected chi connectivity index (χ2v) is 7.18. The lowest BCUT2D eigenvalue weighted by Crippen LogP contribution is -2.35. The summed E-state index contributed by atoms with van der Waals surface area (Å²) in [5.41, 5.74) is 1.53. The summed E-state index contributed by atoms with van der Waals surface area (Å²) < 4.78 is 21.3. The summed E-state index contributed by atoms with van der Waals surface area (Å²) in [5, 5.41) is 9.01. The van der Waals surface area contributed by atoms with Crippen molar-refractivity contribution in [1.82, 2.24) is 14.5 Å². The Morgan fingerprint density at radius 3 is 2.50 bits per heavy atom. The molecule has 3 aromatic rings. The molecule has 1 aromatic heterocycles. The van der Waals surface area contributed by atoms with Gasteiger partial charge in [0.15, 0.2) is 0 Å². The van der Waals surface area contributed by atoms with E-state index in [1.54, 1.807) is 23.9 Å². The van der Waals surface area contributed by atoms with E-state index in [9.17, 15) is 9.18 Å². The van der Waals surface area contributed by atoms with E-state index in [1.165, 1.54) is 12.1 Å². The molecule has 1 amide bonds. The molecule has 0 bridgehead atoms. The fourth-order valence-electron chi connectivity index (χ4n) is 3.63. The number of rotatable bonds is 4. The molecular weight excluding hydrogens is 383 g/mol. The van der Waals surface area contributed by atoms with E-state index in [4.69, 9.17) is 10.00 Å². The summed E-state index contributed by atoms with van der Waals surface area (Å²) in [6, 6.07) is 13.5. The highest BCUT2D eigenvalue weighted by Crippen LogP contribution is 2.27. The molecule has 7 heteroatoms. The number of hydrogen-bond acceptors (Lipinski definition) is 4. The molecule has 0 radical (unpaired) electrons. The van der Waals surface area contributed by atoms with E-state index in [0.29, 0.717) is 22.8 Å². The van der Waals surface area contributed by atoms with E-state index in [1.807, 2.05) is 35.2 Å². The molecule has 0 unspecified atom stereocenters. The number of halogens is 1. The number of carbonyl (C=O) groups excluding carboxylic acids is 1. The summed E-state index contributed by atoms with van der Waals surface area (Å²) in [6.45, 7) is 1.43. The van der Waals surface area contributed by atoms with E-state index in [-0.39, 0.29) is 11.5 Å². The van der Waals surface area contributed by atoms with Gasteiger partial charge in [-0.2, -0.15) is 5.26 Å². The van der Waals surface area contributed by atoms with Crippen molar-refractivity contribution in [2.45, 2.75) is 19.3 Å². The van der Waals surface area contributed by atoms with Crippen LogP contribution in [0.3, 0.4) is 0 Å². The normalized spacial score (nSPS) is 13.7. The van der Waals surface area contributed by atoms with Gasteiger partial charge in [0, 0.05) is 30.5 Å². The highest BCUT2D eigenvalue weighted by molar-refractivity contribution is 5.93. The van der Waals surface area contributed by atoms with Crippen molar-refractivity contribution in [3.8, 4) is 28.9 Å². The van der Waals surface area contributed by atoms with Gasteiger partial charge in [-0.25, -0.2) is 9.37 Å². The number of nitriles is 1. The minimum absolute atomic E-state index is 0.0362. The molecule has 2 heterocycles. The van der Waals surface area contributed by atoms with Gasteiger partial charge in [0.1, 0.15) is 29.2 Å². The zero-order chi connectivity index (χ0) is 21.1. The van der Waals surface area contributed by atoms with E-state index < -0.39 is 5.82 Å². The Hall–Kier alpha value is -3.66. The second-order valence-electron chi connectivity index (χ2n) is 7.18. The number of ether oxygens (including phenoxy) is 1. The van der Waals surface area contributed by atoms with Crippen molar-refractivity contribution in [3.05, 3.63) is 65.7 Å². The molecule has 0 N–H and O–H groups in total. The van der Waals surface area contributed by atoms with Crippen LogP contribution >= 0.6 is 0 Å². The van der Waals surface area contributed by atoms with Crippen LogP contribution in [0, 0.1) is 17.1 Å². The van der Waals surface area contributed by atoms with Crippen molar-refractivity contribution in [2.24, 2.45) is 0 Å². The lowest BCUT2D eigenvalue weighted by atomic mass is 10.1. The first-order valence-corrected chi connectivity index (χ1v) is 9.84. The summed E-state index contributed by atoms with van der Waals surface area (Å²) in [6.07, 6.45) is 4.78. The second kappa shape index (κ2) is 8.37. The lowest BCUT2D eigenvalue weighted by Gasteiger charge is -2.25. The largest absolute Gasteiger partial charge is 0.497 e. The maximum absolute atomic E-state index is 14.3. The smallest absolute Gasteiger partial charge is 0.274 e. The number of aromatic nitrogens is 2. The van der Waals surface area contributed by atoms with Crippen LogP contribution in [-0.2, 0) is 0 Å². The van der Waals surface area contributed by atoms with Gasteiger partial charge >= 0.3 is 0 Å². The number of carbonyl (C=O) groups is 1. The Kier molecular flexibility index (Phi) is 5.48. The number of nitrogens with zero attached hydrogens (tertiary/aromatic N) is 4. The highest BCUT2D eigenvalue weighted by Gasteiger charge is 2.23. The zero-order valence-electron chi connectivity index (χ0n) is 16.6. The predicted octanol–water partition coefficient (Wildman–Crippen LogP) is 4.18. The maximum atomic E-state index is 14.3. The molecule has 30 heavy (non-hydrogen) atoms. The van der Waals surface area contributed by atoms with Crippen molar-refractivity contribution in [3.63, 3.8) is 0 Å². The van der Waals surface area contributed by atoms with Gasteiger partial charge in [-0.15, -0.1) is 0 Å². The Bertz CT molecular complexity index is 1110. The van der Waals surface area contributed by atoms with Crippen LogP contribution in [0.25, 0.3) is 17.1 Å². The summed E-state index contributed by atoms with van der Waals surface area (Å²) >= 11 is 0. The molecule has 1 aliphatic heterocycles. The predicted molar refractivity (Wildman–Crippen MR) is 110 cm³/mol. The van der Waals surface area contributed by atoms with Crippen LogP contribution in [0.4, 0.5) is 4.39 Å². The van der Waals surface area contributed by atoms with Crippen LogP contribution in [0.1, 0.15) is 35.3 Å². The highest BCUT2D eigenvalue weighted by atomic mass is 19.1. The van der Waals surface area contributed by atoms with Crippen LogP contribution in [0.15, 0.2) is 48.7 Å². The molecule has 152 valence electrons. The van der Waals surface area contributed by atoms with Gasteiger partial charge in [-0.3, -0.25) is 9.36 Å². The minimum Gasteiger partial charge on any atom is -0.497 e. The van der Waals surface area contributed by atoms with E-state index in [0.717, 1.165) is 38.0 Å². The first-order chi connectivity index (χ1) is 14.6. The lowest BCUT2D eigenvalue weighted by molar-refractivity contribution is 0.0719. The minimum atomic E-state index is -0.622. The number of imidazole rings is 1. The van der Waals surface area contributed by atoms with E-state index in [2.05, 4.69) is 4.98 Å². The van der Waals surface area contributed by atoms with Crippen molar-refractivity contribution in [2.75, 3.05) is 20.2 Å². The van der Waals surface area contributed by atoms with Gasteiger partial charge in [0.05, 0.1) is 12.7 Å². The number of hydrogen-bond donors (Lipinski definition) is 0. The first-order valence-electron chi connectivity index (χ1n) is 9.84. The summed E-state index contributed by atoms with van der Waals surface area (Å²) in [4.78, 5) is 19.4. The molecule has 2 aromatic carbocycles. The van der Waals surface area contributed by atoms with Crippen LogP contribution < -0.4 is 4.74 Å².